The van der Waals surface area contributed by atoms with Gasteiger partial charge < -0.3 is 10.1 Å². The second-order valence-corrected chi connectivity index (χ2v) is 5.31. The van der Waals surface area contributed by atoms with Gasteiger partial charge in [0.1, 0.15) is 5.75 Å². The molecule has 7 heteroatoms. The summed E-state index contributed by atoms with van der Waals surface area (Å²) in [7, 11) is 0. The van der Waals surface area contributed by atoms with Gasteiger partial charge in [-0.05, 0) is 47.5 Å². The molecule has 1 aromatic carbocycles. The van der Waals surface area contributed by atoms with E-state index in [1.54, 1.807) is 4.68 Å². The fourth-order valence-corrected chi connectivity index (χ4v) is 1.99. The van der Waals surface area contributed by atoms with Gasteiger partial charge in [0, 0.05) is 6.42 Å². The van der Waals surface area contributed by atoms with E-state index in [4.69, 9.17) is 4.74 Å². The zero-order valence-corrected chi connectivity index (χ0v) is 13.1. The normalized spacial score (nSPS) is 10.7. The highest BCUT2D eigenvalue weighted by atomic mass is 16.5. The molecule has 1 amide bonds. The fourth-order valence-electron chi connectivity index (χ4n) is 1.99. The summed E-state index contributed by atoms with van der Waals surface area (Å²) in [5.74, 6) is 1.70. The minimum absolute atomic E-state index is 0.00348. The molecule has 0 aliphatic heterocycles. The number of tetrazole rings is 1. The number of carbonyl (C=O) groups excluding carboxylic acids is 1. The minimum atomic E-state index is -0.00348. The Morgan fingerprint density at radius 1 is 1.32 bits per heavy atom. The van der Waals surface area contributed by atoms with Gasteiger partial charge in [0.15, 0.2) is 5.82 Å². The quantitative estimate of drug-likeness (QED) is 0.842. The maximum atomic E-state index is 11.7. The first-order valence-corrected chi connectivity index (χ1v) is 7.37. The minimum Gasteiger partial charge on any atom is -0.494 e. The average Bonchev–Trinajstić information content (AvgIpc) is 2.94. The molecule has 0 radical (unpaired) electrons. The number of hydrogen-bond donors (Lipinski definition) is 1. The van der Waals surface area contributed by atoms with E-state index in [9.17, 15) is 4.79 Å². The largest absolute Gasteiger partial charge is 0.494 e. The van der Waals surface area contributed by atoms with Gasteiger partial charge in [-0.2, -0.15) is 4.68 Å². The van der Waals surface area contributed by atoms with Crippen LogP contribution in [-0.4, -0.2) is 32.7 Å². The SMILES string of the molecule is CCOc1ccc(-n2nnnc2CNC(=O)CC(C)C)cc1. The predicted octanol–water partition coefficient (Wildman–Crippen LogP) is 1.72. The maximum absolute atomic E-state index is 11.7. The number of aromatic nitrogens is 4. The topological polar surface area (TPSA) is 81.9 Å². The molecule has 1 N–H and O–H groups in total. The van der Waals surface area contributed by atoms with Crippen molar-refractivity contribution in [1.29, 1.82) is 0 Å². The number of carbonyl (C=O) groups is 1. The van der Waals surface area contributed by atoms with E-state index in [-0.39, 0.29) is 5.91 Å². The van der Waals surface area contributed by atoms with Crippen molar-refractivity contribution in [2.75, 3.05) is 6.61 Å². The van der Waals surface area contributed by atoms with Crippen molar-refractivity contribution in [2.24, 2.45) is 5.92 Å². The Morgan fingerprint density at radius 2 is 2.05 bits per heavy atom. The molecule has 1 heterocycles. The number of amides is 1. The average molecular weight is 303 g/mol. The van der Waals surface area contributed by atoms with Crippen LogP contribution in [0.3, 0.4) is 0 Å². The summed E-state index contributed by atoms with van der Waals surface area (Å²) in [6.45, 7) is 6.86. The molecule has 0 saturated heterocycles. The number of benzene rings is 1. The molecule has 0 atom stereocenters. The van der Waals surface area contributed by atoms with Crippen LogP contribution in [0.2, 0.25) is 0 Å². The highest BCUT2D eigenvalue weighted by Gasteiger charge is 2.11. The monoisotopic (exact) mass is 303 g/mol. The Labute approximate surface area is 129 Å². The van der Waals surface area contributed by atoms with Crippen molar-refractivity contribution in [3.05, 3.63) is 30.1 Å². The number of hydrogen-bond acceptors (Lipinski definition) is 5. The lowest BCUT2D eigenvalue weighted by molar-refractivity contribution is -0.122. The summed E-state index contributed by atoms with van der Waals surface area (Å²) in [4.78, 5) is 11.7. The predicted molar refractivity (Wildman–Crippen MR) is 81.6 cm³/mol. The van der Waals surface area contributed by atoms with Gasteiger partial charge in [0.25, 0.3) is 0 Å². The van der Waals surface area contributed by atoms with Crippen LogP contribution in [0.5, 0.6) is 5.75 Å². The first kappa shape index (κ1) is 15.9. The Balaban J connectivity index is 2.04. The van der Waals surface area contributed by atoms with Gasteiger partial charge in [0.2, 0.25) is 5.91 Å². The molecule has 0 saturated carbocycles. The molecule has 118 valence electrons. The summed E-state index contributed by atoms with van der Waals surface area (Å²) >= 11 is 0. The Hall–Kier alpha value is -2.44. The third-order valence-corrected chi connectivity index (χ3v) is 2.96. The molecule has 1 aromatic heterocycles. The van der Waals surface area contributed by atoms with E-state index in [2.05, 4.69) is 20.8 Å². The molecule has 0 unspecified atom stereocenters. The molecule has 0 aliphatic rings. The Kier molecular flexibility index (Phi) is 5.46. The first-order chi connectivity index (χ1) is 10.6. The summed E-state index contributed by atoms with van der Waals surface area (Å²) in [6.07, 6.45) is 0.491. The van der Waals surface area contributed by atoms with Crippen LogP contribution in [0, 0.1) is 5.92 Å². The van der Waals surface area contributed by atoms with Crippen molar-refractivity contribution in [2.45, 2.75) is 33.7 Å². The van der Waals surface area contributed by atoms with E-state index < -0.39 is 0 Å². The van der Waals surface area contributed by atoms with Crippen LogP contribution in [0.25, 0.3) is 5.69 Å². The fraction of sp³-hybridized carbons (Fsp3) is 0.467. The lowest BCUT2D eigenvalue weighted by Gasteiger charge is -2.08. The molecule has 2 rings (SSSR count). The van der Waals surface area contributed by atoms with Crippen molar-refractivity contribution in [3.63, 3.8) is 0 Å². The summed E-state index contributed by atoms with van der Waals surface area (Å²) in [6, 6.07) is 7.48. The van der Waals surface area contributed by atoms with Crippen molar-refractivity contribution in [1.82, 2.24) is 25.5 Å². The zero-order chi connectivity index (χ0) is 15.9. The third-order valence-electron chi connectivity index (χ3n) is 2.96. The van der Waals surface area contributed by atoms with Crippen LogP contribution in [0.4, 0.5) is 0 Å². The maximum Gasteiger partial charge on any atom is 0.220 e. The van der Waals surface area contributed by atoms with Crippen molar-refractivity contribution in [3.8, 4) is 11.4 Å². The van der Waals surface area contributed by atoms with Gasteiger partial charge in [-0.25, -0.2) is 0 Å². The second-order valence-electron chi connectivity index (χ2n) is 5.31. The number of nitrogens with one attached hydrogen (secondary N) is 1. The van der Waals surface area contributed by atoms with Gasteiger partial charge in [-0.15, -0.1) is 5.10 Å². The highest BCUT2D eigenvalue weighted by Crippen LogP contribution is 2.15. The molecule has 0 fully saturated rings. The van der Waals surface area contributed by atoms with E-state index in [0.717, 1.165) is 11.4 Å². The van der Waals surface area contributed by atoms with Crippen LogP contribution in [0.15, 0.2) is 24.3 Å². The molecular weight excluding hydrogens is 282 g/mol. The van der Waals surface area contributed by atoms with Crippen molar-refractivity contribution < 1.29 is 9.53 Å². The van der Waals surface area contributed by atoms with Gasteiger partial charge in [-0.3, -0.25) is 4.79 Å². The smallest absolute Gasteiger partial charge is 0.220 e. The standard InChI is InChI=1S/C15H21N5O2/c1-4-22-13-7-5-12(6-8-13)20-14(17-18-19-20)10-16-15(21)9-11(2)3/h5-8,11H,4,9-10H2,1-3H3,(H,16,21). The van der Waals surface area contributed by atoms with Crippen LogP contribution in [-0.2, 0) is 11.3 Å². The van der Waals surface area contributed by atoms with Crippen LogP contribution >= 0.6 is 0 Å². The van der Waals surface area contributed by atoms with Gasteiger partial charge in [0.05, 0.1) is 18.8 Å². The molecule has 0 bridgehead atoms. The van der Waals surface area contributed by atoms with Crippen LogP contribution < -0.4 is 10.1 Å². The number of ether oxygens (including phenoxy) is 1. The van der Waals surface area contributed by atoms with Gasteiger partial charge in [-0.1, -0.05) is 13.8 Å². The van der Waals surface area contributed by atoms with E-state index >= 15 is 0 Å². The lowest BCUT2D eigenvalue weighted by atomic mass is 10.1. The number of nitrogens with zero attached hydrogens (tertiary/aromatic N) is 4. The lowest BCUT2D eigenvalue weighted by Crippen LogP contribution is -2.25. The first-order valence-electron chi connectivity index (χ1n) is 7.37. The molecule has 2 aromatic rings. The van der Waals surface area contributed by atoms with E-state index in [0.29, 0.717) is 31.3 Å². The van der Waals surface area contributed by atoms with Crippen molar-refractivity contribution >= 4 is 5.91 Å². The molecule has 22 heavy (non-hydrogen) atoms. The van der Waals surface area contributed by atoms with Crippen LogP contribution in [0.1, 0.15) is 33.0 Å². The molecule has 0 spiro atoms. The van der Waals surface area contributed by atoms with E-state index in [1.165, 1.54) is 0 Å². The number of rotatable bonds is 7. The Morgan fingerprint density at radius 3 is 2.68 bits per heavy atom. The highest BCUT2D eigenvalue weighted by molar-refractivity contribution is 5.75. The van der Waals surface area contributed by atoms with E-state index in [1.807, 2.05) is 45.0 Å². The third kappa shape index (κ3) is 4.28. The molecule has 7 nitrogen and oxygen atoms in total. The second kappa shape index (κ2) is 7.53. The molecular formula is C15H21N5O2. The Bertz CT molecular complexity index is 607. The van der Waals surface area contributed by atoms with Gasteiger partial charge >= 0.3 is 0 Å². The molecule has 0 aliphatic carbocycles. The summed E-state index contributed by atoms with van der Waals surface area (Å²) in [5, 5.41) is 14.4. The summed E-state index contributed by atoms with van der Waals surface area (Å²) in [5.41, 5.74) is 0.821. The zero-order valence-electron chi connectivity index (χ0n) is 13.1. The summed E-state index contributed by atoms with van der Waals surface area (Å²) < 4.78 is 7.01.